The number of anilines is 1. The zero-order chi connectivity index (χ0) is 24.7. The van der Waals surface area contributed by atoms with E-state index in [-0.39, 0.29) is 17.3 Å². The van der Waals surface area contributed by atoms with E-state index in [1.54, 1.807) is 42.6 Å². The van der Waals surface area contributed by atoms with Gasteiger partial charge in [-0.2, -0.15) is 0 Å². The van der Waals surface area contributed by atoms with Crippen LogP contribution in [-0.4, -0.2) is 46.0 Å². The van der Waals surface area contributed by atoms with E-state index in [2.05, 4.69) is 15.0 Å². The highest BCUT2D eigenvalue weighted by atomic mass is 16.5. The largest absolute Gasteiger partial charge is 0.507 e. The van der Waals surface area contributed by atoms with Gasteiger partial charge >= 0.3 is 5.91 Å². The van der Waals surface area contributed by atoms with Crippen LogP contribution in [0.15, 0.2) is 66.4 Å². The van der Waals surface area contributed by atoms with Crippen molar-refractivity contribution in [2.24, 2.45) is 0 Å². The van der Waals surface area contributed by atoms with Crippen molar-refractivity contribution in [1.82, 2.24) is 15.0 Å². The summed E-state index contributed by atoms with van der Waals surface area (Å²) < 4.78 is 10.6. The normalized spacial score (nSPS) is 17.2. The van der Waals surface area contributed by atoms with E-state index in [0.29, 0.717) is 28.3 Å². The maximum atomic E-state index is 13.3. The van der Waals surface area contributed by atoms with Crippen LogP contribution < -0.4 is 14.4 Å². The molecule has 0 saturated carbocycles. The van der Waals surface area contributed by atoms with Crippen LogP contribution in [0.2, 0.25) is 0 Å². The minimum Gasteiger partial charge on any atom is -0.507 e. The molecular formula is C26H22N4O5. The average molecular weight is 470 g/mol. The minimum absolute atomic E-state index is 0.0995. The zero-order valence-electron chi connectivity index (χ0n) is 19.3. The van der Waals surface area contributed by atoms with Crippen molar-refractivity contribution < 1.29 is 24.2 Å². The van der Waals surface area contributed by atoms with Gasteiger partial charge in [-0.15, -0.1) is 0 Å². The Morgan fingerprint density at radius 3 is 2.54 bits per heavy atom. The van der Waals surface area contributed by atoms with Crippen molar-refractivity contribution in [3.05, 3.63) is 83.2 Å². The molecule has 1 atom stereocenters. The lowest BCUT2D eigenvalue weighted by Gasteiger charge is -2.22. The van der Waals surface area contributed by atoms with Gasteiger partial charge in [0.2, 0.25) is 5.95 Å². The first kappa shape index (κ1) is 22.1. The van der Waals surface area contributed by atoms with Gasteiger partial charge in [0, 0.05) is 11.8 Å². The lowest BCUT2D eigenvalue weighted by Crippen LogP contribution is -2.30. The molecule has 1 fully saturated rings. The van der Waals surface area contributed by atoms with Gasteiger partial charge in [0.15, 0.2) is 11.5 Å². The molecule has 2 N–H and O–H groups in total. The fourth-order valence-corrected chi connectivity index (χ4v) is 4.23. The van der Waals surface area contributed by atoms with Gasteiger partial charge in [-0.1, -0.05) is 12.1 Å². The topological polar surface area (TPSA) is 118 Å². The Kier molecular flexibility index (Phi) is 5.44. The zero-order valence-corrected chi connectivity index (χ0v) is 19.3. The quantitative estimate of drug-likeness (QED) is 0.258. The number of aryl methyl sites for hydroxylation is 1. The second kappa shape index (κ2) is 8.60. The third-order valence-corrected chi connectivity index (χ3v) is 5.92. The van der Waals surface area contributed by atoms with Crippen LogP contribution in [0.5, 0.6) is 11.5 Å². The molecule has 2 aromatic carbocycles. The lowest BCUT2D eigenvalue weighted by atomic mass is 9.98. The van der Waals surface area contributed by atoms with Crippen LogP contribution in [0, 0.1) is 6.92 Å². The summed E-state index contributed by atoms with van der Waals surface area (Å²) in [6, 6.07) is 14.6. The van der Waals surface area contributed by atoms with E-state index < -0.39 is 17.7 Å². The van der Waals surface area contributed by atoms with E-state index in [4.69, 9.17) is 9.47 Å². The van der Waals surface area contributed by atoms with Crippen LogP contribution in [0.1, 0.15) is 22.9 Å². The summed E-state index contributed by atoms with van der Waals surface area (Å²) in [5.74, 6) is -0.997. The van der Waals surface area contributed by atoms with Crippen LogP contribution in [-0.2, 0) is 9.59 Å². The lowest BCUT2D eigenvalue weighted by molar-refractivity contribution is -0.132. The Morgan fingerprint density at radius 1 is 1.03 bits per heavy atom. The molecule has 1 aliphatic rings. The Labute approximate surface area is 200 Å². The molecule has 176 valence electrons. The molecule has 5 rings (SSSR count). The Balaban J connectivity index is 1.71. The highest BCUT2D eigenvalue weighted by Gasteiger charge is 2.48. The maximum Gasteiger partial charge on any atom is 0.302 e. The summed E-state index contributed by atoms with van der Waals surface area (Å²) in [4.78, 5) is 39.9. The number of rotatable bonds is 5. The van der Waals surface area contributed by atoms with Crippen LogP contribution in [0.3, 0.4) is 0 Å². The monoisotopic (exact) mass is 470 g/mol. The number of methoxy groups -OCH3 is 2. The molecule has 35 heavy (non-hydrogen) atoms. The van der Waals surface area contributed by atoms with E-state index in [9.17, 15) is 14.7 Å². The number of fused-ring (bicyclic) bond motifs is 1. The predicted molar refractivity (Wildman–Crippen MR) is 129 cm³/mol. The Morgan fingerprint density at radius 2 is 1.83 bits per heavy atom. The number of imidazole rings is 1. The van der Waals surface area contributed by atoms with Gasteiger partial charge in [-0.25, -0.2) is 4.98 Å². The number of nitrogens with one attached hydrogen (secondary N) is 1. The molecule has 1 amide bonds. The van der Waals surface area contributed by atoms with Gasteiger partial charge < -0.3 is 19.6 Å². The molecule has 4 aromatic rings. The van der Waals surface area contributed by atoms with Crippen molar-refractivity contribution in [3.63, 3.8) is 0 Å². The standard InChI is InChI=1S/C26H22N4O5/c1-14-7-9-16-18(12-14)29-26(28-16)30-22(17-6-4-5-11-27-17)21(24(32)25(30)33)23(31)15-8-10-19(34-2)20(13-15)35-3/h4-13,22,31H,1-3H3,(H,28,29)/b23-21+. The molecule has 0 aliphatic carbocycles. The fraction of sp³-hybridized carbons (Fsp3) is 0.154. The number of amides is 1. The number of aliphatic hydroxyl groups excluding tert-OH is 1. The van der Waals surface area contributed by atoms with Crippen molar-refractivity contribution in [2.75, 3.05) is 19.1 Å². The van der Waals surface area contributed by atoms with E-state index in [1.807, 2.05) is 25.1 Å². The number of nitrogens with zero attached hydrogens (tertiary/aromatic N) is 3. The van der Waals surface area contributed by atoms with Gasteiger partial charge in [-0.3, -0.25) is 19.5 Å². The molecule has 0 radical (unpaired) electrons. The number of aromatic nitrogens is 3. The van der Waals surface area contributed by atoms with E-state index >= 15 is 0 Å². The molecule has 0 spiro atoms. The second-order valence-electron chi connectivity index (χ2n) is 8.07. The summed E-state index contributed by atoms with van der Waals surface area (Å²) in [6.07, 6.45) is 1.56. The Hall–Kier alpha value is -4.66. The van der Waals surface area contributed by atoms with Crippen molar-refractivity contribution in [3.8, 4) is 11.5 Å². The van der Waals surface area contributed by atoms with Crippen molar-refractivity contribution >= 4 is 34.4 Å². The molecule has 3 heterocycles. The van der Waals surface area contributed by atoms with E-state index in [1.165, 1.54) is 19.1 Å². The third kappa shape index (κ3) is 3.67. The average Bonchev–Trinajstić information content (AvgIpc) is 3.41. The van der Waals surface area contributed by atoms with Crippen LogP contribution >= 0.6 is 0 Å². The fourth-order valence-electron chi connectivity index (χ4n) is 4.23. The first-order valence-electron chi connectivity index (χ1n) is 10.8. The number of hydrogen-bond donors (Lipinski definition) is 2. The molecule has 1 aliphatic heterocycles. The number of ketones is 1. The smallest absolute Gasteiger partial charge is 0.302 e. The summed E-state index contributed by atoms with van der Waals surface area (Å²) in [5.41, 5.74) is 2.99. The Bertz CT molecular complexity index is 1490. The predicted octanol–water partition coefficient (Wildman–Crippen LogP) is 3.91. The minimum atomic E-state index is -0.994. The van der Waals surface area contributed by atoms with Crippen molar-refractivity contribution in [2.45, 2.75) is 13.0 Å². The molecule has 0 bridgehead atoms. The first-order chi connectivity index (χ1) is 16.9. The van der Waals surface area contributed by atoms with Gasteiger partial charge in [0.05, 0.1) is 36.5 Å². The van der Waals surface area contributed by atoms with Crippen LogP contribution in [0.25, 0.3) is 16.8 Å². The number of aromatic amines is 1. The second-order valence-corrected chi connectivity index (χ2v) is 8.07. The molecule has 2 aromatic heterocycles. The van der Waals surface area contributed by atoms with Crippen LogP contribution in [0.4, 0.5) is 5.95 Å². The van der Waals surface area contributed by atoms with Crippen molar-refractivity contribution in [1.29, 1.82) is 0 Å². The third-order valence-electron chi connectivity index (χ3n) is 5.92. The van der Waals surface area contributed by atoms with Gasteiger partial charge in [-0.05, 0) is 55.0 Å². The number of pyridine rings is 1. The number of hydrogen-bond acceptors (Lipinski definition) is 7. The molecular weight excluding hydrogens is 448 g/mol. The molecule has 9 heteroatoms. The first-order valence-corrected chi connectivity index (χ1v) is 10.8. The highest BCUT2D eigenvalue weighted by molar-refractivity contribution is 6.51. The van der Waals surface area contributed by atoms with Gasteiger partial charge in [0.1, 0.15) is 11.8 Å². The number of Topliss-reactive ketones (excluding diaryl/α,β-unsaturated/α-hetero) is 1. The number of aliphatic hydroxyl groups is 1. The van der Waals surface area contributed by atoms with E-state index in [0.717, 1.165) is 11.1 Å². The summed E-state index contributed by atoms with van der Waals surface area (Å²) in [6.45, 7) is 1.95. The highest BCUT2D eigenvalue weighted by Crippen LogP contribution is 2.42. The molecule has 1 unspecified atom stereocenters. The summed E-state index contributed by atoms with van der Waals surface area (Å²) in [5, 5.41) is 11.3. The SMILES string of the molecule is COc1ccc(/C(O)=C2\C(=O)C(=O)N(c3nc4ccc(C)cc4[nH]3)C2c2ccccn2)cc1OC. The summed E-state index contributed by atoms with van der Waals surface area (Å²) >= 11 is 0. The number of H-pyrrole nitrogens is 1. The molecule has 1 saturated heterocycles. The number of benzene rings is 2. The number of carbonyl (C=O) groups excluding carboxylic acids is 2. The number of ether oxygens (including phenoxy) is 2. The maximum absolute atomic E-state index is 13.3. The number of carbonyl (C=O) groups is 2. The van der Waals surface area contributed by atoms with Gasteiger partial charge in [0.25, 0.3) is 5.78 Å². The molecule has 9 nitrogen and oxygen atoms in total. The summed E-state index contributed by atoms with van der Waals surface area (Å²) in [7, 11) is 2.97.